The van der Waals surface area contributed by atoms with Gasteiger partial charge in [-0.05, 0) is 39.3 Å². The van der Waals surface area contributed by atoms with Crippen LogP contribution in [0.3, 0.4) is 0 Å². The van der Waals surface area contributed by atoms with Crippen molar-refractivity contribution in [1.82, 2.24) is 0 Å². The van der Waals surface area contributed by atoms with Crippen molar-refractivity contribution in [2.24, 2.45) is 0 Å². The molecule has 1 unspecified atom stereocenters. The number of rotatable bonds is 5. The molecule has 0 amide bonds. The van der Waals surface area contributed by atoms with E-state index < -0.39 is 23.0 Å². The zero-order chi connectivity index (χ0) is 17.3. The van der Waals surface area contributed by atoms with Crippen LogP contribution in [0.5, 0.6) is 11.5 Å². The van der Waals surface area contributed by atoms with Crippen LogP contribution in [0.15, 0.2) is 18.2 Å². The fraction of sp³-hybridized carbons (Fsp3) is 0.529. The lowest BCUT2D eigenvalue weighted by Gasteiger charge is -2.29. The van der Waals surface area contributed by atoms with E-state index in [0.29, 0.717) is 17.9 Å². The Morgan fingerprint density at radius 1 is 1.22 bits per heavy atom. The monoisotopic (exact) mass is 322 g/mol. The van der Waals surface area contributed by atoms with Crippen molar-refractivity contribution >= 4 is 11.8 Å². The van der Waals surface area contributed by atoms with Crippen molar-refractivity contribution in [2.45, 2.75) is 51.7 Å². The standard InChI is InChI=1S/C17H22O6/c1-5-6-14(18)17(20,15(19)23-16(2,3)4)11-7-8-12-13(9-11)22-10-21-12/h7-9,20H,5-6,10H2,1-4H3. The third-order valence-electron chi connectivity index (χ3n) is 3.37. The second-order valence-electron chi connectivity index (χ2n) is 6.45. The van der Waals surface area contributed by atoms with Gasteiger partial charge in [-0.2, -0.15) is 0 Å². The molecule has 23 heavy (non-hydrogen) atoms. The van der Waals surface area contributed by atoms with Crippen LogP contribution in [0.1, 0.15) is 46.1 Å². The van der Waals surface area contributed by atoms with Gasteiger partial charge >= 0.3 is 5.97 Å². The summed E-state index contributed by atoms with van der Waals surface area (Å²) in [6, 6.07) is 4.48. The van der Waals surface area contributed by atoms with Crippen molar-refractivity contribution < 1.29 is 28.9 Å². The Labute approximate surface area is 135 Å². The maximum atomic E-state index is 12.5. The maximum absolute atomic E-state index is 12.5. The number of fused-ring (bicyclic) bond motifs is 1. The van der Waals surface area contributed by atoms with E-state index in [-0.39, 0.29) is 18.8 Å². The Balaban J connectivity index is 2.45. The van der Waals surface area contributed by atoms with Crippen LogP contribution in [0.25, 0.3) is 0 Å². The molecule has 0 radical (unpaired) electrons. The van der Waals surface area contributed by atoms with Crippen molar-refractivity contribution in [3.63, 3.8) is 0 Å². The van der Waals surface area contributed by atoms with E-state index in [1.165, 1.54) is 12.1 Å². The van der Waals surface area contributed by atoms with Crippen LogP contribution in [0.2, 0.25) is 0 Å². The van der Waals surface area contributed by atoms with E-state index in [2.05, 4.69) is 0 Å². The minimum atomic E-state index is -2.36. The largest absolute Gasteiger partial charge is 0.457 e. The van der Waals surface area contributed by atoms with E-state index in [0.717, 1.165) is 0 Å². The Morgan fingerprint density at radius 2 is 1.87 bits per heavy atom. The Bertz CT molecular complexity index is 616. The van der Waals surface area contributed by atoms with E-state index in [1.807, 2.05) is 0 Å². The average Bonchev–Trinajstić information content (AvgIpc) is 2.92. The van der Waals surface area contributed by atoms with Gasteiger partial charge in [0.1, 0.15) is 5.60 Å². The number of ether oxygens (including phenoxy) is 3. The smallest absolute Gasteiger partial charge is 0.351 e. The van der Waals surface area contributed by atoms with Crippen molar-refractivity contribution in [1.29, 1.82) is 0 Å². The maximum Gasteiger partial charge on any atom is 0.351 e. The summed E-state index contributed by atoms with van der Waals surface area (Å²) >= 11 is 0. The Morgan fingerprint density at radius 3 is 2.48 bits per heavy atom. The lowest BCUT2D eigenvalue weighted by molar-refractivity contribution is -0.181. The molecule has 0 bridgehead atoms. The summed E-state index contributed by atoms with van der Waals surface area (Å²) in [7, 11) is 0. The molecule has 1 aliphatic rings. The summed E-state index contributed by atoms with van der Waals surface area (Å²) in [5.74, 6) is -0.701. The minimum Gasteiger partial charge on any atom is -0.457 e. The van der Waals surface area contributed by atoms with Gasteiger partial charge in [-0.15, -0.1) is 0 Å². The summed E-state index contributed by atoms with van der Waals surface area (Å²) in [6.45, 7) is 6.89. The first-order valence-corrected chi connectivity index (χ1v) is 7.57. The van der Waals surface area contributed by atoms with Gasteiger partial charge in [-0.25, -0.2) is 4.79 Å². The quantitative estimate of drug-likeness (QED) is 0.662. The van der Waals surface area contributed by atoms with Gasteiger partial charge < -0.3 is 19.3 Å². The lowest BCUT2D eigenvalue weighted by Crippen LogP contribution is -2.47. The molecule has 1 atom stereocenters. The number of carbonyl (C=O) groups excluding carboxylic acids is 2. The number of aliphatic hydroxyl groups is 1. The molecule has 0 spiro atoms. The molecule has 6 nitrogen and oxygen atoms in total. The highest BCUT2D eigenvalue weighted by Gasteiger charge is 2.48. The second kappa shape index (κ2) is 6.20. The third-order valence-corrected chi connectivity index (χ3v) is 3.37. The molecular weight excluding hydrogens is 300 g/mol. The van der Waals surface area contributed by atoms with Crippen molar-refractivity contribution in [3.05, 3.63) is 23.8 Å². The number of benzene rings is 1. The van der Waals surface area contributed by atoms with Crippen LogP contribution in [-0.2, 0) is 19.9 Å². The SMILES string of the molecule is CCCC(=O)C(O)(C(=O)OC(C)(C)C)c1ccc2c(c1)OCO2. The second-order valence-corrected chi connectivity index (χ2v) is 6.45. The molecule has 1 N–H and O–H groups in total. The highest BCUT2D eigenvalue weighted by atomic mass is 16.7. The molecule has 1 aliphatic heterocycles. The molecule has 1 heterocycles. The fourth-order valence-electron chi connectivity index (χ4n) is 2.27. The topological polar surface area (TPSA) is 82.1 Å². The van der Waals surface area contributed by atoms with Gasteiger partial charge in [0, 0.05) is 12.0 Å². The number of hydrogen-bond donors (Lipinski definition) is 1. The van der Waals surface area contributed by atoms with Gasteiger partial charge in [-0.1, -0.05) is 13.0 Å². The molecule has 0 aliphatic carbocycles. The first kappa shape index (κ1) is 17.3. The Hall–Kier alpha value is -2.08. The lowest BCUT2D eigenvalue weighted by atomic mass is 9.87. The van der Waals surface area contributed by atoms with Gasteiger partial charge in [-0.3, -0.25) is 4.79 Å². The zero-order valence-electron chi connectivity index (χ0n) is 13.8. The van der Waals surface area contributed by atoms with Crippen LogP contribution >= 0.6 is 0 Å². The molecule has 126 valence electrons. The number of hydrogen-bond acceptors (Lipinski definition) is 6. The molecule has 0 saturated heterocycles. The van der Waals surface area contributed by atoms with E-state index in [4.69, 9.17) is 14.2 Å². The zero-order valence-corrected chi connectivity index (χ0v) is 13.8. The molecule has 0 aromatic heterocycles. The molecule has 1 aromatic carbocycles. The molecule has 0 saturated carbocycles. The predicted molar refractivity (Wildman–Crippen MR) is 82.2 cm³/mol. The summed E-state index contributed by atoms with van der Waals surface area (Å²) < 4.78 is 15.7. The molecular formula is C17H22O6. The van der Waals surface area contributed by atoms with Crippen LogP contribution in [-0.4, -0.2) is 29.3 Å². The van der Waals surface area contributed by atoms with Crippen LogP contribution in [0.4, 0.5) is 0 Å². The minimum absolute atomic E-state index is 0.0597. The van der Waals surface area contributed by atoms with Gasteiger partial charge in [0.25, 0.3) is 0 Å². The average molecular weight is 322 g/mol. The highest BCUT2D eigenvalue weighted by molar-refractivity contribution is 6.07. The van der Waals surface area contributed by atoms with E-state index in [9.17, 15) is 14.7 Å². The first-order chi connectivity index (χ1) is 10.7. The summed E-state index contributed by atoms with van der Waals surface area (Å²) in [6.07, 6.45) is 0.568. The number of carbonyl (C=O) groups is 2. The predicted octanol–water partition coefficient (Wildman–Crippen LogP) is 2.31. The molecule has 0 fully saturated rings. The third kappa shape index (κ3) is 3.47. The molecule has 6 heteroatoms. The van der Waals surface area contributed by atoms with Crippen LogP contribution < -0.4 is 9.47 Å². The molecule has 1 aromatic rings. The van der Waals surface area contributed by atoms with Gasteiger partial charge in [0.15, 0.2) is 17.3 Å². The first-order valence-electron chi connectivity index (χ1n) is 7.57. The summed E-state index contributed by atoms with van der Waals surface area (Å²) in [5.41, 5.74) is -3.06. The number of esters is 1. The number of ketones is 1. The summed E-state index contributed by atoms with van der Waals surface area (Å²) in [5, 5.41) is 10.9. The normalized spacial score (nSPS) is 15.9. The van der Waals surface area contributed by atoms with Crippen molar-refractivity contribution in [3.8, 4) is 11.5 Å². The Kier molecular flexibility index (Phi) is 4.66. The highest BCUT2D eigenvalue weighted by Crippen LogP contribution is 2.37. The van der Waals surface area contributed by atoms with Crippen molar-refractivity contribution in [2.75, 3.05) is 6.79 Å². The van der Waals surface area contributed by atoms with Crippen LogP contribution in [0, 0.1) is 0 Å². The van der Waals surface area contributed by atoms with Gasteiger partial charge in [0.05, 0.1) is 0 Å². The fourth-order valence-corrected chi connectivity index (χ4v) is 2.27. The van der Waals surface area contributed by atoms with E-state index >= 15 is 0 Å². The van der Waals surface area contributed by atoms with E-state index in [1.54, 1.807) is 33.8 Å². The molecule has 2 rings (SSSR count). The van der Waals surface area contributed by atoms with Gasteiger partial charge in [0.2, 0.25) is 12.4 Å². The summed E-state index contributed by atoms with van der Waals surface area (Å²) in [4.78, 5) is 25.0. The number of Topliss-reactive ketones (excluding diaryl/α,β-unsaturated/α-hetero) is 1.